The van der Waals surface area contributed by atoms with E-state index in [1.165, 1.54) is 0 Å². The van der Waals surface area contributed by atoms with Gasteiger partial charge < -0.3 is 26.3 Å². The van der Waals surface area contributed by atoms with Gasteiger partial charge in [-0.3, -0.25) is 9.79 Å². The van der Waals surface area contributed by atoms with E-state index >= 15 is 0 Å². The molecule has 0 saturated carbocycles. The molecule has 0 unspecified atom stereocenters. The molecule has 0 bridgehead atoms. The van der Waals surface area contributed by atoms with Gasteiger partial charge in [0.25, 0.3) is 0 Å². The molecule has 0 aliphatic rings. The van der Waals surface area contributed by atoms with Crippen LogP contribution in [0.25, 0.3) is 11.1 Å². The second kappa shape index (κ2) is 16.8. The smallest absolute Gasteiger partial charge is 0.249 e. The van der Waals surface area contributed by atoms with Gasteiger partial charge in [0.1, 0.15) is 29.8 Å². The van der Waals surface area contributed by atoms with Crippen molar-refractivity contribution in [1.82, 2.24) is 15.0 Å². The number of carbonyl (C=O) groups is 1. The molecule has 1 aromatic heterocycles. The highest BCUT2D eigenvalue weighted by Gasteiger charge is 2.22. The highest BCUT2D eigenvalue weighted by molar-refractivity contribution is 5.93. The van der Waals surface area contributed by atoms with E-state index < -0.39 is 6.04 Å². The average molecular weight is 606 g/mol. The molecule has 1 amide bonds. The fourth-order valence-electron chi connectivity index (χ4n) is 4.34. The number of carbonyl (C=O) groups excluding carboxylic acids is 1. The Hall–Kier alpha value is -4.57. The van der Waals surface area contributed by atoms with E-state index in [0.29, 0.717) is 49.0 Å². The largest absolute Gasteiger partial charge is 0.493 e. The number of anilines is 1. The SMILES string of the molecule is CC(C)CCOc1ccccc1-c1ccccc1OCc1cn([C@H](CCCN=C(N)N)C(=O)Nc2ccccc2)nn1.Cl. The van der Waals surface area contributed by atoms with E-state index in [1.807, 2.05) is 78.9 Å². The van der Waals surface area contributed by atoms with Crippen molar-refractivity contribution in [2.45, 2.75) is 45.8 Å². The van der Waals surface area contributed by atoms with Crippen molar-refractivity contribution in [2.75, 3.05) is 18.5 Å². The number of nitrogens with two attached hydrogens (primary N) is 2. The third kappa shape index (κ3) is 10.0. The third-order valence-electron chi connectivity index (χ3n) is 6.54. The van der Waals surface area contributed by atoms with Crippen molar-refractivity contribution in [3.63, 3.8) is 0 Å². The third-order valence-corrected chi connectivity index (χ3v) is 6.54. The van der Waals surface area contributed by atoms with Crippen molar-refractivity contribution in [1.29, 1.82) is 0 Å². The Morgan fingerprint density at radius 1 is 0.907 bits per heavy atom. The quantitative estimate of drug-likeness (QED) is 0.0908. The van der Waals surface area contributed by atoms with Gasteiger partial charge in [0.15, 0.2) is 5.96 Å². The normalized spacial score (nSPS) is 11.3. The minimum absolute atomic E-state index is 0. The Morgan fingerprint density at radius 2 is 1.53 bits per heavy atom. The molecule has 0 fully saturated rings. The number of para-hydroxylation sites is 3. The summed E-state index contributed by atoms with van der Waals surface area (Å²) in [7, 11) is 0. The van der Waals surface area contributed by atoms with Crippen LogP contribution in [-0.4, -0.2) is 40.0 Å². The van der Waals surface area contributed by atoms with Crippen LogP contribution in [0, 0.1) is 5.92 Å². The number of aromatic nitrogens is 3. The minimum atomic E-state index is -0.609. The number of hydrogen-bond donors (Lipinski definition) is 3. The van der Waals surface area contributed by atoms with Gasteiger partial charge in [0.2, 0.25) is 5.91 Å². The average Bonchev–Trinajstić information content (AvgIpc) is 3.45. The maximum Gasteiger partial charge on any atom is 0.249 e. The fraction of sp³-hybridized carbons (Fsp3) is 0.312. The number of guanidine groups is 1. The number of benzene rings is 3. The van der Waals surface area contributed by atoms with E-state index in [2.05, 4.69) is 34.5 Å². The molecule has 0 saturated heterocycles. The van der Waals surface area contributed by atoms with E-state index in [0.717, 1.165) is 23.3 Å². The summed E-state index contributed by atoms with van der Waals surface area (Å²) in [6, 6.07) is 24.5. The highest BCUT2D eigenvalue weighted by Crippen LogP contribution is 2.36. The summed E-state index contributed by atoms with van der Waals surface area (Å²) < 4.78 is 13.9. The molecular weight excluding hydrogens is 566 g/mol. The molecule has 4 aromatic rings. The van der Waals surface area contributed by atoms with Crippen LogP contribution in [0.5, 0.6) is 11.5 Å². The van der Waals surface area contributed by atoms with E-state index in [9.17, 15) is 4.79 Å². The number of hydrogen-bond acceptors (Lipinski definition) is 6. The van der Waals surface area contributed by atoms with Crippen LogP contribution in [0.2, 0.25) is 0 Å². The van der Waals surface area contributed by atoms with Crippen LogP contribution in [-0.2, 0) is 11.4 Å². The first kappa shape index (κ1) is 32.9. The van der Waals surface area contributed by atoms with E-state index in [1.54, 1.807) is 10.9 Å². The van der Waals surface area contributed by atoms with Crippen molar-refractivity contribution in [3.8, 4) is 22.6 Å². The number of ether oxygens (including phenoxy) is 2. The van der Waals surface area contributed by atoms with Crippen LogP contribution >= 0.6 is 12.4 Å². The zero-order valence-corrected chi connectivity index (χ0v) is 25.4. The summed E-state index contributed by atoms with van der Waals surface area (Å²) in [6.07, 6.45) is 3.76. The molecule has 10 nitrogen and oxygen atoms in total. The predicted octanol–water partition coefficient (Wildman–Crippen LogP) is 5.60. The van der Waals surface area contributed by atoms with Gasteiger partial charge in [-0.1, -0.05) is 73.7 Å². The zero-order valence-electron chi connectivity index (χ0n) is 24.6. The van der Waals surface area contributed by atoms with Crippen molar-refractivity contribution >= 4 is 30.0 Å². The molecule has 1 heterocycles. The van der Waals surface area contributed by atoms with Crippen LogP contribution in [0.15, 0.2) is 90.1 Å². The maximum absolute atomic E-state index is 13.2. The summed E-state index contributed by atoms with van der Waals surface area (Å²) in [4.78, 5) is 17.3. The topological polar surface area (TPSA) is 143 Å². The van der Waals surface area contributed by atoms with Gasteiger partial charge in [-0.25, -0.2) is 4.68 Å². The first-order valence-corrected chi connectivity index (χ1v) is 14.2. The Kier molecular flexibility index (Phi) is 12.8. The van der Waals surface area contributed by atoms with Gasteiger partial charge >= 0.3 is 0 Å². The lowest BCUT2D eigenvalue weighted by atomic mass is 10.0. The van der Waals surface area contributed by atoms with Crippen molar-refractivity contribution in [3.05, 3.63) is 90.8 Å². The number of halogens is 1. The van der Waals surface area contributed by atoms with E-state index in [4.69, 9.17) is 20.9 Å². The van der Waals surface area contributed by atoms with Crippen LogP contribution in [0.3, 0.4) is 0 Å². The number of nitrogens with zero attached hydrogens (tertiary/aromatic N) is 4. The second-order valence-corrected chi connectivity index (χ2v) is 10.3. The molecule has 0 spiro atoms. The Balaban J connectivity index is 0.00000506. The highest BCUT2D eigenvalue weighted by atomic mass is 35.5. The Morgan fingerprint density at radius 3 is 2.19 bits per heavy atom. The molecule has 0 radical (unpaired) electrons. The Labute approximate surface area is 258 Å². The van der Waals surface area contributed by atoms with Gasteiger partial charge in [-0.05, 0) is 49.4 Å². The summed E-state index contributed by atoms with van der Waals surface area (Å²) in [5, 5.41) is 11.5. The van der Waals surface area contributed by atoms with Crippen LogP contribution < -0.4 is 26.3 Å². The summed E-state index contributed by atoms with van der Waals surface area (Å²) in [5.74, 6) is 1.88. The monoisotopic (exact) mass is 605 g/mol. The van der Waals surface area contributed by atoms with E-state index in [-0.39, 0.29) is 30.9 Å². The van der Waals surface area contributed by atoms with Gasteiger partial charge in [-0.15, -0.1) is 17.5 Å². The molecule has 228 valence electrons. The van der Waals surface area contributed by atoms with Crippen molar-refractivity contribution in [2.24, 2.45) is 22.4 Å². The summed E-state index contributed by atoms with van der Waals surface area (Å²) >= 11 is 0. The maximum atomic E-state index is 13.2. The minimum Gasteiger partial charge on any atom is -0.493 e. The van der Waals surface area contributed by atoms with Gasteiger partial charge in [0, 0.05) is 23.4 Å². The fourth-order valence-corrected chi connectivity index (χ4v) is 4.34. The lowest BCUT2D eigenvalue weighted by Gasteiger charge is -2.16. The molecule has 3 aromatic carbocycles. The van der Waals surface area contributed by atoms with Crippen molar-refractivity contribution < 1.29 is 14.3 Å². The molecule has 5 N–H and O–H groups in total. The molecule has 0 aliphatic heterocycles. The second-order valence-electron chi connectivity index (χ2n) is 10.3. The lowest BCUT2D eigenvalue weighted by Crippen LogP contribution is -2.27. The summed E-state index contributed by atoms with van der Waals surface area (Å²) in [5.41, 5.74) is 14.1. The predicted molar refractivity (Wildman–Crippen MR) is 172 cm³/mol. The van der Waals surface area contributed by atoms with Gasteiger partial charge in [0.05, 0.1) is 12.8 Å². The Bertz CT molecular complexity index is 1460. The first-order valence-electron chi connectivity index (χ1n) is 14.2. The van der Waals surface area contributed by atoms with Crippen LogP contribution in [0.4, 0.5) is 5.69 Å². The molecule has 4 rings (SSSR count). The summed E-state index contributed by atoms with van der Waals surface area (Å²) in [6.45, 7) is 5.58. The number of aliphatic imine (C=N–C) groups is 1. The number of nitrogens with one attached hydrogen (secondary N) is 1. The lowest BCUT2D eigenvalue weighted by molar-refractivity contribution is -0.119. The first-order chi connectivity index (χ1) is 20.4. The molecule has 1 atom stereocenters. The molecule has 0 aliphatic carbocycles. The number of rotatable bonds is 15. The molecule has 11 heteroatoms. The zero-order chi connectivity index (χ0) is 29.7. The number of amides is 1. The molecular formula is C32H40ClN7O3. The molecule has 43 heavy (non-hydrogen) atoms. The van der Waals surface area contributed by atoms with Crippen LogP contribution in [0.1, 0.15) is 44.8 Å². The van der Waals surface area contributed by atoms with Gasteiger partial charge in [-0.2, -0.15) is 0 Å². The standard InChI is InChI=1S/C32H39N7O3.ClH/c1-23(2)18-20-41-29-16-8-6-13-26(29)27-14-7-9-17-30(27)42-22-25-21-39(38-37-25)28(15-10-19-35-32(33)34)31(40)36-24-11-4-3-5-12-24;/h3-9,11-14,16-17,21,23,28H,10,15,18-20,22H2,1-2H3,(H,36,40)(H4,33,34,35);1H/t28-;/m1./s1.